The van der Waals surface area contributed by atoms with Gasteiger partial charge in [0.05, 0.1) is 13.3 Å². The number of nitrogens with one attached hydrogen (secondary N) is 1. The zero-order valence-electron chi connectivity index (χ0n) is 11.5. The number of fused-ring (bicyclic) bond motifs is 1. The van der Waals surface area contributed by atoms with Gasteiger partial charge in [-0.2, -0.15) is 5.10 Å². The topological polar surface area (TPSA) is 59.9 Å². The molecule has 5 nitrogen and oxygen atoms in total. The van der Waals surface area contributed by atoms with Crippen molar-refractivity contribution in [2.45, 2.75) is 0 Å². The van der Waals surface area contributed by atoms with E-state index < -0.39 is 6.09 Å². The lowest BCUT2D eigenvalue weighted by Crippen LogP contribution is -2.16. The van der Waals surface area contributed by atoms with Crippen molar-refractivity contribution in [2.24, 2.45) is 5.10 Å². The van der Waals surface area contributed by atoms with Crippen molar-refractivity contribution in [1.82, 2.24) is 5.43 Å². The Morgan fingerprint density at radius 3 is 2.95 bits per heavy atom. The van der Waals surface area contributed by atoms with Crippen LogP contribution >= 0.6 is 0 Å². The number of benzene rings is 2. The van der Waals surface area contributed by atoms with Gasteiger partial charge in [0.25, 0.3) is 0 Å². The quantitative estimate of drug-likeness (QED) is 0.532. The van der Waals surface area contributed by atoms with E-state index in [9.17, 15) is 4.79 Å². The van der Waals surface area contributed by atoms with Crippen LogP contribution in [0.4, 0.5) is 4.79 Å². The molecule has 2 aromatic rings. The van der Waals surface area contributed by atoms with Gasteiger partial charge in [-0.3, -0.25) is 0 Å². The first-order chi connectivity index (χ1) is 10.3. The average molecular weight is 282 g/mol. The minimum atomic E-state index is -0.641. The highest BCUT2D eigenvalue weighted by Crippen LogP contribution is 2.26. The highest BCUT2D eigenvalue weighted by molar-refractivity contribution is 6.02. The van der Waals surface area contributed by atoms with Gasteiger partial charge in [-0.25, -0.2) is 10.2 Å². The Bertz CT molecular complexity index is 717. The fourth-order valence-corrected chi connectivity index (χ4v) is 1.85. The van der Waals surface area contributed by atoms with Crippen molar-refractivity contribution < 1.29 is 14.3 Å². The Balaban J connectivity index is 2.40. The van der Waals surface area contributed by atoms with E-state index >= 15 is 0 Å². The second kappa shape index (κ2) is 6.96. The molecule has 0 aliphatic carbocycles. The molecule has 2 aromatic carbocycles. The lowest BCUT2D eigenvalue weighted by molar-refractivity contribution is 0.171. The largest absolute Gasteiger partial charge is 0.480 e. The molecule has 1 N–H and O–H groups in total. The molecule has 5 heteroatoms. The van der Waals surface area contributed by atoms with Crippen LogP contribution in [-0.2, 0) is 4.74 Å². The molecule has 0 bridgehead atoms. The van der Waals surface area contributed by atoms with Crippen LogP contribution in [0.5, 0.6) is 5.75 Å². The first kappa shape index (κ1) is 14.4. The summed E-state index contributed by atoms with van der Waals surface area (Å²) >= 11 is 0. The molecule has 0 spiro atoms. The van der Waals surface area contributed by atoms with Gasteiger partial charge in [0, 0.05) is 5.56 Å². The van der Waals surface area contributed by atoms with Crippen molar-refractivity contribution in [3.8, 4) is 18.1 Å². The monoisotopic (exact) mass is 282 g/mol. The van der Waals surface area contributed by atoms with Gasteiger partial charge in [0.15, 0.2) is 0 Å². The van der Waals surface area contributed by atoms with E-state index in [-0.39, 0.29) is 6.61 Å². The van der Waals surface area contributed by atoms with Crippen LogP contribution in [0.2, 0.25) is 0 Å². The van der Waals surface area contributed by atoms with Gasteiger partial charge in [-0.05, 0) is 16.8 Å². The number of carbonyl (C=O) groups is 1. The molecule has 0 atom stereocenters. The van der Waals surface area contributed by atoms with E-state index in [0.29, 0.717) is 5.75 Å². The van der Waals surface area contributed by atoms with Crippen LogP contribution in [-0.4, -0.2) is 26.0 Å². The minimum Gasteiger partial charge on any atom is -0.480 e. The number of terminal acetylenes is 1. The zero-order valence-corrected chi connectivity index (χ0v) is 11.5. The van der Waals surface area contributed by atoms with Crippen molar-refractivity contribution >= 4 is 23.1 Å². The van der Waals surface area contributed by atoms with E-state index in [1.807, 2.05) is 36.4 Å². The lowest BCUT2D eigenvalue weighted by Gasteiger charge is -2.09. The van der Waals surface area contributed by atoms with Gasteiger partial charge in [-0.1, -0.05) is 36.3 Å². The molecule has 0 radical (unpaired) electrons. The summed E-state index contributed by atoms with van der Waals surface area (Å²) in [6.45, 7) is 0.156. The predicted molar refractivity (Wildman–Crippen MR) is 81.4 cm³/mol. The van der Waals surface area contributed by atoms with Crippen LogP contribution in [0.1, 0.15) is 5.56 Å². The average Bonchev–Trinajstić information content (AvgIpc) is 2.53. The highest BCUT2D eigenvalue weighted by atomic mass is 16.5. The van der Waals surface area contributed by atoms with Crippen molar-refractivity contribution in [3.63, 3.8) is 0 Å². The molecule has 0 unspecified atom stereocenters. The number of carbonyl (C=O) groups excluding carboxylic acids is 1. The van der Waals surface area contributed by atoms with Gasteiger partial charge in [0.2, 0.25) is 0 Å². The van der Waals surface area contributed by atoms with E-state index in [0.717, 1.165) is 16.3 Å². The minimum absolute atomic E-state index is 0.156. The number of methoxy groups -OCH3 is 1. The summed E-state index contributed by atoms with van der Waals surface area (Å²) in [4.78, 5) is 11.0. The molecule has 0 aliphatic rings. The van der Waals surface area contributed by atoms with Crippen LogP contribution in [0.25, 0.3) is 10.8 Å². The zero-order chi connectivity index (χ0) is 15.1. The van der Waals surface area contributed by atoms with E-state index in [2.05, 4.69) is 21.2 Å². The number of hydrogen-bond acceptors (Lipinski definition) is 4. The second-order valence-electron chi connectivity index (χ2n) is 4.05. The maximum absolute atomic E-state index is 11.0. The van der Waals surface area contributed by atoms with Crippen LogP contribution < -0.4 is 10.2 Å². The van der Waals surface area contributed by atoms with Gasteiger partial charge >= 0.3 is 6.09 Å². The Morgan fingerprint density at radius 2 is 2.19 bits per heavy atom. The molecule has 0 aliphatic heterocycles. The molecule has 2 rings (SSSR count). The molecular weight excluding hydrogens is 268 g/mol. The molecule has 0 fully saturated rings. The molecule has 106 valence electrons. The molecule has 21 heavy (non-hydrogen) atoms. The summed E-state index contributed by atoms with van der Waals surface area (Å²) in [5.74, 6) is 3.02. The van der Waals surface area contributed by atoms with E-state index in [1.54, 1.807) is 0 Å². The summed E-state index contributed by atoms with van der Waals surface area (Å²) in [5, 5.41) is 5.83. The second-order valence-corrected chi connectivity index (χ2v) is 4.05. The molecule has 1 amide bonds. The van der Waals surface area contributed by atoms with Crippen molar-refractivity contribution in [2.75, 3.05) is 13.7 Å². The number of hydrazone groups is 1. The number of amides is 1. The summed E-state index contributed by atoms with van der Waals surface area (Å²) in [7, 11) is 1.27. The molecule has 0 heterocycles. The van der Waals surface area contributed by atoms with E-state index in [1.165, 1.54) is 13.3 Å². The standard InChI is InChI=1S/C16H14N2O3/c1-3-10-21-15-9-8-12-6-4-5-7-13(12)14(15)11-17-18-16(19)20-2/h1,4-9,11H,10H2,2H3,(H,18,19)/b17-11-. The van der Waals surface area contributed by atoms with Gasteiger partial charge < -0.3 is 9.47 Å². The van der Waals surface area contributed by atoms with E-state index in [4.69, 9.17) is 11.2 Å². The first-order valence-electron chi connectivity index (χ1n) is 6.21. The molecule has 0 saturated heterocycles. The highest BCUT2D eigenvalue weighted by Gasteiger charge is 2.07. The summed E-state index contributed by atoms with van der Waals surface area (Å²) in [6, 6.07) is 11.5. The fourth-order valence-electron chi connectivity index (χ4n) is 1.85. The van der Waals surface area contributed by atoms with Crippen LogP contribution in [0.3, 0.4) is 0 Å². The van der Waals surface area contributed by atoms with Crippen LogP contribution in [0.15, 0.2) is 41.5 Å². The van der Waals surface area contributed by atoms with Gasteiger partial charge in [-0.15, -0.1) is 6.42 Å². The number of ether oxygens (including phenoxy) is 2. The van der Waals surface area contributed by atoms with Crippen molar-refractivity contribution in [3.05, 3.63) is 42.0 Å². The number of nitrogens with zero attached hydrogens (tertiary/aromatic N) is 1. The summed E-state index contributed by atoms with van der Waals surface area (Å²) in [5.41, 5.74) is 2.98. The Morgan fingerprint density at radius 1 is 1.38 bits per heavy atom. The van der Waals surface area contributed by atoms with Crippen molar-refractivity contribution in [1.29, 1.82) is 0 Å². The summed E-state index contributed by atoms with van der Waals surface area (Å²) < 4.78 is 9.96. The molecule has 0 aromatic heterocycles. The third-order valence-corrected chi connectivity index (χ3v) is 2.78. The predicted octanol–water partition coefficient (Wildman–Crippen LogP) is 2.54. The number of rotatable bonds is 4. The maximum Gasteiger partial charge on any atom is 0.427 e. The Labute approximate surface area is 122 Å². The molecular formula is C16H14N2O3. The normalized spacial score (nSPS) is 10.3. The fraction of sp³-hybridized carbons (Fsp3) is 0.125. The van der Waals surface area contributed by atoms with Crippen LogP contribution in [0, 0.1) is 12.3 Å². The summed E-state index contributed by atoms with van der Waals surface area (Å²) in [6.07, 6.45) is 6.08. The number of hydrogen-bond donors (Lipinski definition) is 1. The lowest BCUT2D eigenvalue weighted by atomic mass is 10.0. The molecule has 0 saturated carbocycles. The SMILES string of the molecule is C#CCOc1ccc2ccccc2c1/C=N\NC(=O)OC. The maximum atomic E-state index is 11.0. The Kier molecular flexibility index (Phi) is 4.78. The first-order valence-corrected chi connectivity index (χ1v) is 6.21. The van der Waals surface area contributed by atoms with Gasteiger partial charge in [0.1, 0.15) is 12.4 Å². The smallest absolute Gasteiger partial charge is 0.427 e. The third-order valence-electron chi connectivity index (χ3n) is 2.78. The Hall–Kier alpha value is -3.00. The third kappa shape index (κ3) is 3.51.